The third-order valence-corrected chi connectivity index (χ3v) is 13.0. The molecule has 0 saturated carbocycles. The van der Waals surface area contributed by atoms with E-state index in [9.17, 15) is 0 Å². The Hall–Kier alpha value is -6.48. The van der Waals surface area contributed by atoms with Crippen molar-refractivity contribution in [3.8, 4) is 33.4 Å². The predicted octanol–water partition coefficient (Wildman–Crippen LogP) is 15.5. The fraction of sp³-hybridized carbons (Fsp3) is 0.0566. The van der Waals surface area contributed by atoms with E-state index in [1.807, 2.05) is 11.3 Å². The highest BCUT2D eigenvalue weighted by atomic mass is 32.1. The Morgan fingerprint density at radius 3 is 1.96 bits per heavy atom. The zero-order valence-electron chi connectivity index (χ0n) is 30.8. The molecule has 1 aliphatic carbocycles. The number of hydrogen-bond acceptors (Lipinski definition) is 2. The summed E-state index contributed by atoms with van der Waals surface area (Å²) in [6.45, 7) is 4.79. The van der Waals surface area contributed by atoms with Gasteiger partial charge in [-0.05, 0) is 109 Å². The van der Waals surface area contributed by atoms with E-state index in [2.05, 4.69) is 207 Å². The van der Waals surface area contributed by atoms with Crippen LogP contribution in [0.3, 0.4) is 0 Å². The van der Waals surface area contributed by atoms with Gasteiger partial charge in [-0.1, -0.05) is 153 Å². The topological polar surface area (TPSA) is 3.24 Å². The number of fused-ring (bicyclic) bond motifs is 9. The summed E-state index contributed by atoms with van der Waals surface area (Å²) in [6, 6.07) is 69.6. The number of anilines is 3. The smallest absolute Gasteiger partial charge is 0.0540 e. The minimum absolute atomic E-state index is 0.123. The van der Waals surface area contributed by atoms with Crippen molar-refractivity contribution in [1.82, 2.24) is 0 Å². The molecule has 0 unspecified atom stereocenters. The standard InChI is InChI=1S/C53H37NS/c1-53(2)47-25-12-10-24-44(47)51-46(32-36-17-6-7-20-39(36)52(51)53)41-28-29-48(42-22-9-8-21-40(41)42)54(37-19-14-18-35(31-37)34-15-4-3-5-16-34)38-27-30-50-45(33-38)43-23-11-13-26-49(43)55-50/h3-33H,1-2H3. The summed E-state index contributed by atoms with van der Waals surface area (Å²) in [7, 11) is 0. The Bertz CT molecular complexity index is 3130. The third-order valence-electron chi connectivity index (χ3n) is 11.8. The van der Waals surface area contributed by atoms with Gasteiger partial charge < -0.3 is 4.90 Å². The van der Waals surface area contributed by atoms with Crippen LogP contribution < -0.4 is 4.90 Å². The van der Waals surface area contributed by atoms with E-state index < -0.39 is 0 Å². The van der Waals surface area contributed by atoms with Gasteiger partial charge in [0, 0.05) is 42.3 Å². The van der Waals surface area contributed by atoms with Crippen molar-refractivity contribution >= 4 is 70.1 Å². The monoisotopic (exact) mass is 719 g/mol. The van der Waals surface area contributed by atoms with E-state index in [4.69, 9.17) is 0 Å². The lowest BCUT2D eigenvalue weighted by molar-refractivity contribution is 0.666. The molecule has 55 heavy (non-hydrogen) atoms. The molecule has 2 heteroatoms. The van der Waals surface area contributed by atoms with Gasteiger partial charge in [-0.2, -0.15) is 0 Å². The molecule has 260 valence electrons. The first-order chi connectivity index (χ1) is 27.0. The molecule has 1 heterocycles. The largest absolute Gasteiger partial charge is 0.310 e. The highest BCUT2D eigenvalue weighted by Crippen LogP contribution is 2.56. The molecule has 0 spiro atoms. The molecule has 10 aromatic rings. The minimum atomic E-state index is -0.123. The number of nitrogens with zero attached hydrogens (tertiary/aromatic N) is 1. The van der Waals surface area contributed by atoms with Gasteiger partial charge in [0.15, 0.2) is 0 Å². The van der Waals surface area contributed by atoms with E-state index in [-0.39, 0.29) is 5.41 Å². The van der Waals surface area contributed by atoms with Crippen LogP contribution in [0.15, 0.2) is 188 Å². The Morgan fingerprint density at radius 2 is 1.09 bits per heavy atom. The zero-order valence-corrected chi connectivity index (χ0v) is 31.6. The SMILES string of the molecule is CC1(C)c2ccccc2-c2c(-c3ccc(N(c4cccc(-c5ccccc5)c4)c4ccc5sc6ccccc6c5c4)c4ccccc34)cc3ccccc3c21. The zero-order chi connectivity index (χ0) is 36.7. The molecule has 0 amide bonds. The second-order valence-corrected chi connectivity index (χ2v) is 16.4. The summed E-state index contributed by atoms with van der Waals surface area (Å²) in [5.74, 6) is 0. The first kappa shape index (κ1) is 32.0. The molecule has 1 nitrogen and oxygen atoms in total. The van der Waals surface area contributed by atoms with E-state index in [1.165, 1.54) is 86.2 Å². The maximum Gasteiger partial charge on any atom is 0.0540 e. The van der Waals surface area contributed by atoms with Gasteiger partial charge in [-0.25, -0.2) is 0 Å². The molecular weight excluding hydrogens is 683 g/mol. The lowest BCUT2D eigenvalue weighted by Gasteiger charge is -2.28. The van der Waals surface area contributed by atoms with Crippen LogP contribution >= 0.6 is 11.3 Å². The van der Waals surface area contributed by atoms with Gasteiger partial charge in [-0.15, -0.1) is 11.3 Å². The number of hydrogen-bond donors (Lipinski definition) is 0. The van der Waals surface area contributed by atoms with Crippen molar-refractivity contribution < 1.29 is 0 Å². The van der Waals surface area contributed by atoms with E-state index in [0.717, 1.165) is 17.1 Å². The number of rotatable bonds is 5. The highest BCUT2D eigenvalue weighted by Gasteiger charge is 2.38. The molecule has 0 fully saturated rings. The molecule has 0 N–H and O–H groups in total. The van der Waals surface area contributed by atoms with Gasteiger partial charge in [0.25, 0.3) is 0 Å². The summed E-state index contributed by atoms with van der Waals surface area (Å²) >= 11 is 1.86. The molecule has 9 aromatic carbocycles. The lowest BCUT2D eigenvalue weighted by Crippen LogP contribution is -2.15. The molecule has 0 aliphatic heterocycles. The van der Waals surface area contributed by atoms with Gasteiger partial charge >= 0.3 is 0 Å². The first-order valence-corrected chi connectivity index (χ1v) is 19.9. The first-order valence-electron chi connectivity index (χ1n) is 19.1. The van der Waals surface area contributed by atoms with Gasteiger partial charge in [0.05, 0.1) is 5.69 Å². The molecular formula is C53H37NS. The second-order valence-electron chi connectivity index (χ2n) is 15.3. The summed E-state index contributed by atoms with van der Waals surface area (Å²) in [6.07, 6.45) is 0. The summed E-state index contributed by atoms with van der Waals surface area (Å²) < 4.78 is 2.62. The molecule has 11 rings (SSSR count). The molecule has 1 aromatic heterocycles. The van der Waals surface area contributed by atoms with Crippen LogP contribution in [0, 0.1) is 0 Å². The molecule has 0 saturated heterocycles. The number of benzene rings is 9. The van der Waals surface area contributed by atoms with Crippen molar-refractivity contribution in [2.24, 2.45) is 0 Å². The number of thiophene rings is 1. The van der Waals surface area contributed by atoms with E-state index in [0.29, 0.717) is 0 Å². The van der Waals surface area contributed by atoms with Crippen molar-refractivity contribution in [1.29, 1.82) is 0 Å². The van der Waals surface area contributed by atoms with Gasteiger partial charge in [-0.3, -0.25) is 0 Å². The van der Waals surface area contributed by atoms with Crippen LogP contribution in [0.1, 0.15) is 25.0 Å². The predicted molar refractivity (Wildman–Crippen MR) is 237 cm³/mol. The van der Waals surface area contributed by atoms with E-state index in [1.54, 1.807) is 0 Å². The van der Waals surface area contributed by atoms with Crippen LogP contribution in [0.5, 0.6) is 0 Å². The van der Waals surface area contributed by atoms with Gasteiger partial charge in [0.2, 0.25) is 0 Å². The normalized spacial score (nSPS) is 13.1. The average molecular weight is 720 g/mol. The van der Waals surface area contributed by atoms with Crippen LogP contribution in [-0.4, -0.2) is 0 Å². The fourth-order valence-corrected chi connectivity index (χ4v) is 10.4. The molecule has 0 atom stereocenters. The maximum absolute atomic E-state index is 2.47. The second kappa shape index (κ2) is 12.3. The Balaban J connectivity index is 1.18. The highest BCUT2D eigenvalue weighted by molar-refractivity contribution is 7.25. The lowest BCUT2D eigenvalue weighted by atomic mass is 9.79. The van der Waals surface area contributed by atoms with Crippen molar-refractivity contribution in [3.63, 3.8) is 0 Å². The Morgan fingerprint density at radius 1 is 0.418 bits per heavy atom. The van der Waals surface area contributed by atoms with Crippen molar-refractivity contribution in [3.05, 3.63) is 199 Å². The van der Waals surface area contributed by atoms with E-state index >= 15 is 0 Å². The van der Waals surface area contributed by atoms with Crippen LogP contribution in [0.25, 0.3) is 75.1 Å². The van der Waals surface area contributed by atoms with Crippen molar-refractivity contribution in [2.45, 2.75) is 19.3 Å². The van der Waals surface area contributed by atoms with Crippen LogP contribution in [-0.2, 0) is 5.41 Å². The fourth-order valence-electron chi connectivity index (χ4n) is 9.32. The van der Waals surface area contributed by atoms with Gasteiger partial charge in [0.1, 0.15) is 0 Å². The summed E-state index contributed by atoms with van der Waals surface area (Å²) in [5, 5.41) is 7.66. The average Bonchev–Trinajstić information content (AvgIpc) is 3.73. The summed E-state index contributed by atoms with van der Waals surface area (Å²) in [4.78, 5) is 2.47. The van der Waals surface area contributed by atoms with Crippen molar-refractivity contribution in [2.75, 3.05) is 4.90 Å². The van der Waals surface area contributed by atoms with Crippen LogP contribution in [0.2, 0.25) is 0 Å². The summed E-state index contributed by atoms with van der Waals surface area (Å²) in [5.41, 5.74) is 13.8. The molecule has 0 radical (unpaired) electrons. The minimum Gasteiger partial charge on any atom is -0.310 e. The molecule has 0 bridgehead atoms. The van der Waals surface area contributed by atoms with Crippen LogP contribution in [0.4, 0.5) is 17.1 Å². The Labute approximate surface area is 325 Å². The third kappa shape index (κ3) is 4.92. The molecule has 1 aliphatic rings. The Kier molecular flexibility index (Phi) is 7.14. The quantitative estimate of drug-likeness (QED) is 0.171. The maximum atomic E-state index is 2.47.